The molecule has 5 heteroatoms. The molecule has 0 unspecified atom stereocenters. The second-order valence-corrected chi connectivity index (χ2v) is 4.14. The highest BCUT2D eigenvalue weighted by atomic mass is 16.2. The van der Waals surface area contributed by atoms with Crippen molar-refractivity contribution in [2.24, 2.45) is 5.73 Å². The summed E-state index contributed by atoms with van der Waals surface area (Å²) in [5.74, 6) is 4.91. The van der Waals surface area contributed by atoms with Gasteiger partial charge in [0.1, 0.15) is 0 Å². The van der Waals surface area contributed by atoms with Gasteiger partial charge < -0.3 is 15.7 Å². The van der Waals surface area contributed by atoms with Crippen molar-refractivity contribution >= 4 is 11.8 Å². The van der Waals surface area contributed by atoms with Crippen molar-refractivity contribution in [2.75, 3.05) is 19.7 Å². The fraction of sp³-hybridized carbons (Fsp3) is 0.333. The first kappa shape index (κ1) is 15.7. The first-order valence-corrected chi connectivity index (χ1v) is 6.35. The second kappa shape index (κ2) is 7.97. The Bertz CT molecular complexity index is 526. The van der Waals surface area contributed by atoms with Crippen molar-refractivity contribution in [3.05, 3.63) is 35.4 Å². The van der Waals surface area contributed by atoms with E-state index in [-0.39, 0.29) is 19.1 Å². The summed E-state index contributed by atoms with van der Waals surface area (Å²) in [4.78, 5) is 24.4. The van der Waals surface area contributed by atoms with E-state index in [1.165, 1.54) is 4.90 Å². The van der Waals surface area contributed by atoms with E-state index in [2.05, 4.69) is 11.8 Å². The topological polar surface area (TPSA) is 83.6 Å². The molecule has 0 saturated carbocycles. The second-order valence-electron chi connectivity index (χ2n) is 4.14. The van der Waals surface area contributed by atoms with Crippen molar-refractivity contribution in [3.63, 3.8) is 0 Å². The van der Waals surface area contributed by atoms with Gasteiger partial charge in [0.15, 0.2) is 0 Å². The molecule has 0 heterocycles. The van der Waals surface area contributed by atoms with Gasteiger partial charge in [-0.1, -0.05) is 11.8 Å². The molecule has 0 atom stereocenters. The summed E-state index contributed by atoms with van der Waals surface area (Å²) in [7, 11) is 0. The summed E-state index contributed by atoms with van der Waals surface area (Å²) < 4.78 is 0. The quantitative estimate of drug-likeness (QED) is 0.761. The molecular formula is C15H18N2O3. The summed E-state index contributed by atoms with van der Waals surface area (Å²) >= 11 is 0. The van der Waals surface area contributed by atoms with Crippen LogP contribution in [0.5, 0.6) is 0 Å². The maximum absolute atomic E-state index is 12.1. The summed E-state index contributed by atoms with van der Waals surface area (Å²) in [6.45, 7) is 2.14. The Labute approximate surface area is 118 Å². The van der Waals surface area contributed by atoms with Crippen LogP contribution >= 0.6 is 0 Å². The first-order chi connectivity index (χ1) is 9.58. The van der Waals surface area contributed by atoms with Crippen molar-refractivity contribution in [2.45, 2.75) is 13.3 Å². The summed E-state index contributed by atoms with van der Waals surface area (Å²) in [5, 5.41) is 8.63. The lowest BCUT2D eigenvalue weighted by atomic mass is 10.1. The molecule has 20 heavy (non-hydrogen) atoms. The third kappa shape index (κ3) is 4.75. The van der Waals surface area contributed by atoms with Gasteiger partial charge in [-0.05, 0) is 31.2 Å². The van der Waals surface area contributed by atoms with Crippen LogP contribution < -0.4 is 5.73 Å². The lowest BCUT2D eigenvalue weighted by Crippen LogP contribution is -2.38. The average Bonchev–Trinajstić information content (AvgIpc) is 2.45. The minimum absolute atomic E-state index is 0.0299. The molecule has 3 N–H and O–H groups in total. The van der Waals surface area contributed by atoms with Crippen LogP contribution in [-0.2, 0) is 4.79 Å². The maximum atomic E-state index is 12.1. The van der Waals surface area contributed by atoms with E-state index in [9.17, 15) is 9.59 Å². The van der Waals surface area contributed by atoms with Crippen LogP contribution in [0.1, 0.15) is 29.3 Å². The molecule has 0 spiro atoms. The summed E-state index contributed by atoms with van der Waals surface area (Å²) in [6.07, 6.45) is 0.420. The third-order valence-electron chi connectivity index (χ3n) is 2.62. The lowest BCUT2D eigenvalue weighted by Gasteiger charge is -2.18. The predicted molar refractivity (Wildman–Crippen MR) is 75.8 cm³/mol. The molecular weight excluding hydrogens is 256 g/mol. The highest BCUT2D eigenvalue weighted by Gasteiger charge is 2.15. The number of carbonyl (C=O) groups is 2. The minimum atomic E-state index is -0.535. The number of benzene rings is 1. The molecule has 1 aromatic rings. The van der Waals surface area contributed by atoms with Crippen LogP contribution in [0.3, 0.4) is 0 Å². The number of hydrogen-bond acceptors (Lipinski definition) is 3. The van der Waals surface area contributed by atoms with Crippen LogP contribution in [0, 0.1) is 11.8 Å². The smallest absolute Gasteiger partial charge is 0.254 e. The van der Waals surface area contributed by atoms with Gasteiger partial charge in [-0.25, -0.2) is 0 Å². The zero-order valence-electron chi connectivity index (χ0n) is 11.4. The highest BCUT2D eigenvalue weighted by Crippen LogP contribution is 2.07. The van der Waals surface area contributed by atoms with Gasteiger partial charge in [-0.2, -0.15) is 0 Å². The van der Waals surface area contributed by atoms with Crippen molar-refractivity contribution in [3.8, 4) is 11.8 Å². The van der Waals surface area contributed by atoms with Crippen LogP contribution in [0.4, 0.5) is 0 Å². The van der Waals surface area contributed by atoms with Gasteiger partial charge in [0.05, 0.1) is 13.2 Å². The number of nitrogens with two attached hydrogens (primary N) is 1. The molecule has 0 aliphatic heterocycles. The molecule has 1 aromatic carbocycles. The van der Waals surface area contributed by atoms with Gasteiger partial charge in [-0.3, -0.25) is 9.59 Å². The van der Waals surface area contributed by atoms with E-state index in [1.807, 2.05) is 0 Å². The fourth-order valence-electron chi connectivity index (χ4n) is 1.61. The molecule has 0 bridgehead atoms. The number of nitrogens with zero attached hydrogens (tertiary/aromatic N) is 1. The van der Waals surface area contributed by atoms with Gasteiger partial charge in [0.25, 0.3) is 5.91 Å². The molecule has 0 fully saturated rings. The normalized spacial score (nSPS) is 9.50. The van der Waals surface area contributed by atoms with E-state index in [1.54, 1.807) is 31.2 Å². The molecule has 1 rings (SSSR count). The zero-order chi connectivity index (χ0) is 15.0. The molecule has 106 valence electrons. The number of primary amides is 1. The minimum Gasteiger partial charge on any atom is -0.395 e. The standard InChI is InChI=1S/C15H18N2O3/c1-2-17(11-14(16)19)15(20)13-8-6-12(7-9-13)5-3-4-10-18/h6-9,18H,2,4,10-11H2,1H3,(H2,16,19). The van der Waals surface area contributed by atoms with Gasteiger partial charge >= 0.3 is 0 Å². The summed E-state index contributed by atoms with van der Waals surface area (Å²) in [6, 6.07) is 6.79. The highest BCUT2D eigenvalue weighted by molar-refractivity contribution is 5.96. The fourth-order valence-corrected chi connectivity index (χ4v) is 1.61. The van der Waals surface area contributed by atoms with E-state index in [4.69, 9.17) is 10.8 Å². The maximum Gasteiger partial charge on any atom is 0.254 e. The van der Waals surface area contributed by atoms with E-state index >= 15 is 0 Å². The lowest BCUT2D eigenvalue weighted by molar-refractivity contribution is -0.118. The number of rotatable bonds is 5. The SMILES string of the molecule is CCN(CC(N)=O)C(=O)c1ccc(C#CCCO)cc1. The number of carbonyl (C=O) groups excluding carboxylic acids is 2. The van der Waals surface area contributed by atoms with Gasteiger partial charge in [-0.15, -0.1) is 0 Å². The first-order valence-electron chi connectivity index (χ1n) is 6.35. The number of aliphatic hydroxyl groups excluding tert-OH is 1. The number of likely N-dealkylation sites (N-methyl/N-ethyl adjacent to an activating group) is 1. The van der Waals surface area contributed by atoms with Gasteiger partial charge in [0, 0.05) is 24.1 Å². The molecule has 2 amide bonds. The van der Waals surface area contributed by atoms with Crippen molar-refractivity contribution < 1.29 is 14.7 Å². The van der Waals surface area contributed by atoms with Crippen LogP contribution in [0.25, 0.3) is 0 Å². The Kier molecular flexibility index (Phi) is 6.27. The summed E-state index contributed by atoms with van der Waals surface area (Å²) in [5.41, 5.74) is 6.36. The Hall–Kier alpha value is -2.32. The zero-order valence-corrected chi connectivity index (χ0v) is 11.4. The molecule has 0 aromatic heterocycles. The molecule has 5 nitrogen and oxygen atoms in total. The van der Waals surface area contributed by atoms with E-state index in [0.29, 0.717) is 18.5 Å². The molecule has 0 aliphatic carbocycles. The van der Waals surface area contributed by atoms with E-state index < -0.39 is 5.91 Å². The number of aliphatic hydroxyl groups is 1. The van der Waals surface area contributed by atoms with Crippen LogP contribution in [0.15, 0.2) is 24.3 Å². The van der Waals surface area contributed by atoms with Crippen LogP contribution in [-0.4, -0.2) is 41.5 Å². The largest absolute Gasteiger partial charge is 0.395 e. The van der Waals surface area contributed by atoms with E-state index in [0.717, 1.165) is 5.56 Å². The average molecular weight is 274 g/mol. The number of hydrogen-bond donors (Lipinski definition) is 2. The van der Waals surface area contributed by atoms with Crippen molar-refractivity contribution in [1.82, 2.24) is 4.90 Å². The number of amides is 2. The Morgan fingerprint density at radius 1 is 1.30 bits per heavy atom. The molecule has 0 radical (unpaired) electrons. The Morgan fingerprint density at radius 2 is 1.95 bits per heavy atom. The third-order valence-corrected chi connectivity index (χ3v) is 2.62. The van der Waals surface area contributed by atoms with Gasteiger partial charge in [0.2, 0.25) is 5.91 Å². The molecule has 0 aliphatic rings. The van der Waals surface area contributed by atoms with Crippen molar-refractivity contribution in [1.29, 1.82) is 0 Å². The molecule has 0 saturated heterocycles. The van der Waals surface area contributed by atoms with Crippen LogP contribution in [0.2, 0.25) is 0 Å². The Balaban J connectivity index is 2.79. The Morgan fingerprint density at radius 3 is 2.45 bits per heavy atom. The predicted octanol–water partition coefficient (Wildman–Crippen LogP) is 0.368. The monoisotopic (exact) mass is 274 g/mol.